The minimum absolute atomic E-state index is 0.0278. The Hall–Kier alpha value is -3.05. The highest BCUT2D eigenvalue weighted by molar-refractivity contribution is 5.71. The number of hydrogen-bond donors (Lipinski definition) is 0. The number of nitrogens with zero attached hydrogens (tertiary/aromatic N) is 6. The molecule has 0 atom stereocenters. The third kappa shape index (κ3) is 3.93. The molecule has 1 saturated heterocycles. The molecule has 2 fully saturated rings. The van der Waals surface area contributed by atoms with Crippen molar-refractivity contribution in [3.63, 3.8) is 0 Å². The molecule has 0 N–H and O–H groups in total. The van der Waals surface area contributed by atoms with Crippen molar-refractivity contribution in [2.45, 2.75) is 32.0 Å². The fourth-order valence-electron chi connectivity index (χ4n) is 4.59. The monoisotopic (exact) mass is 454 g/mol. The summed E-state index contributed by atoms with van der Waals surface area (Å²) in [5, 5.41) is 3.92. The fraction of sp³-hybridized carbons (Fsp3) is 0.500. The second-order valence-corrected chi connectivity index (χ2v) is 8.48. The summed E-state index contributed by atoms with van der Waals surface area (Å²) in [7, 11) is 0. The van der Waals surface area contributed by atoms with Crippen LogP contribution in [0.3, 0.4) is 0 Å². The fourth-order valence-corrected chi connectivity index (χ4v) is 4.59. The van der Waals surface area contributed by atoms with E-state index in [1.54, 1.807) is 6.20 Å². The van der Waals surface area contributed by atoms with Gasteiger partial charge in [0.2, 0.25) is 5.88 Å². The van der Waals surface area contributed by atoms with E-state index in [1.165, 1.54) is 6.20 Å². The van der Waals surface area contributed by atoms with Crippen LogP contribution >= 0.6 is 0 Å². The maximum atomic E-state index is 12.8. The van der Waals surface area contributed by atoms with E-state index in [9.17, 15) is 22.0 Å². The molecule has 0 radical (unpaired) electrons. The van der Waals surface area contributed by atoms with Crippen LogP contribution in [-0.2, 0) is 12.7 Å². The van der Waals surface area contributed by atoms with Gasteiger partial charge in [0.15, 0.2) is 5.65 Å². The highest BCUT2D eigenvalue weighted by Gasteiger charge is 2.52. The number of alkyl halides is 5. The zero-order valence-corrected chi connectivity index (χ0v) is 16.8. The number of ether oxygens (including phenoxy) is 1. The second-order valence-electron chi connectivity index (χ2n) is 8.48. The Kier molecular flexibility index (Phi) is 4.90. The van der Waals surface area contributed by atoms with Crippen molar-refractivity contribution in [3.05, 3.63) is 36.3 Å². The van der Waals surface area contributed by atoms with Gasteiger partial charge in [-0.3, -0.25) is 0 Å². The van der Waals surface area contributed by atoms with E-state index in [0.717, 1.165) is 48.9 Å². The van der Waals surface area contributed by atoms with Gasteiger partial charge in [0, 0.05) is 30.8 Å². The van der Waals surface area contributed by atoms with Crippen molar-refractivity contribution < 1.29 is 26.7 Å². The molecule has 0 aromatic carbocycles. The lowest BCUT2D eigenvalue weighted by Gasteiger charge is -2.59. The highest BCUT2D eigenvalue weighted by atomic mass is 19.4. The summed E-state index contributed by atoms with van der Waals surface area (Å²) in [6.45, 7) is 1.30. The summed E-state index contributed by atoms with van der Waals surface area (Å²) in [5.74, 6) is 0.835. The second kappa shape index (κ2) is 7.52. The molecule has 7 nitrogen and oxygen atoms in total. The topological polar surface area (TPSA) is 69.0 Å². The Labute approximate surface area is 179 Å². The normalized spacial score (nSPS) is 18.2. The van der Waals surface area contributed by atoms with Gasteiger partial charge in [0.25, 0.3) is 6.43 Å². The van der Waals surface area contributed by atoms with E-state index < -0.39 is 24.7 Å². The van der Waals surface area contributed by atoms with E-state index in [2.05, 4.69) is 20.1 Å². The summed E-state index contributed by atoms with van der Waals surface area (Å²) in [4.78, 5) is 14.6. The molecular formula is C20H19F5N6O. The number of hydrogen-bond acceptors (Lipinski definition) is 6. The van der Waals surface area contributed by atoms with Gasteiger partial charge in [0.05, 0.1) is 24.6 Å². The molecule has 1 spiro atoms. The standard InChI is InChI=1S/C20H19F5N6O/c21-15(22)8-31-18-14(6-28-31)27-7-16(29-18)30-10-19(11-30)4-12(5-19)9-32-17-3-13(1-2-26-17)20(23,24)25/h1-3,6-7,12,15H,4-5,8-11H2. The number of fused-ring (bicyclic) bond motifs is 1. The number of rotatable bonds is 6. The first-order valence-corrected chi connectivity index (χ1v) is 10.1. The largest absolute Gasteiger partial charge is 0.477 e. The minimum Gasteiger partial charge on any atom is -0.477 e. The van der Waals surface area contributed by atoms with Crippen LogP contribution in [0, 0.1) is 11.3 Å². The van der Waals surface area contributed by atoms with Crippen LogP contribution in [-0.4, -0.2) is 50.9 Å². The lowest BCUT2D eigenvalue weighted by molar-refractivity contribution is -0.137. The predicted molar refractivity (Wildman–Crippen MR) is 103 cm³/mol. The Bertz CT molecular complexity index is 1120. The van der Waals surface area contributed by atoms with Crippen molar-refractivity contribution >= 4 is 17.0 Å². The van der Waals surface area contributed by atoms with Gasteiger partial charge in [-0.15, -0.1) is 0 Å². The zero-order valence-electron chi connectivity index (χ0n) is 16.8. The molecule has 3 aromatic rings. The summed E-state index contributed by atoms with van der Waals surface area (Å²) in [5.41, 5.74) is 0.135. The van der Waals surface area contributed by atoms with Crippen molar-refractivity contribution in [1.82, 2.24) is 24.7 Å². The van der Waals surface area contributed by atoms with Crippen LogP contribution in [0.25, 0.3) is 11.2 Å². The van der Waals surface area contributed by atoms with Gasteiger partial charge in [-0.25, -0.2) is 28.4 Å². The maximum Gasteiger partial charge on any atom is 0.416 e. The van der Waals surface area contributed by atoms with Crippen LogP contribution in [0.4, 0.5) is 27.8 Å². The lowest BCUT2D eigenvalue weighted by Crippen LogP contribution is -2.63. The number of anilines is 1. The number of pyridine rings is 1. The van der Waals surface area contributed by atoms with Gasteiger partial charge < -0.3 is 9.64 Å². The van der Waals surface area contributed by atoms with Gasteiger partial charge >= 0.3 is 6.18 Å². The molecule has 12 heteroatoms. The van der Waals surface area contributed by atoms with Crippen LogP contribution in [0.15, 0.2) is 30.7 Å². The summed E-state index contributed by atoms with van der Waals surface area (Å²) < 4.78 is 70.4. The van der Waals surface area contributed by atoms with E-state index in [1.807, 2.05) is 4.90 Å². The van der Waals surface area contributed by atoms with Crippen LogP contribution in [0.1, 0.15) is 18.4 Å². The Morgan fingerprint density at radius 2 is 1.94 bits per heavy atom. The SMILES string of the molecule is FC(F)Cn1ncc2ncc(N3CC4(CC(COc5cc(C(F)(F)F)ccn5)C4)C3)nc21. The quantitative estimate of drug-likeness (QED) is 0.528. The van der Waals surface area contributed by atoms with Crippen LogP contribution < -0.4 is 9.64 Å². The summed E-state index contributed by atoms with van der Waals surface area (Å²) >= 11 is 0. The summed E-state index contributed by atoms with van der Waals surface area (Å²) in [6.07, 6.45) is -1.06. The first-order valence-electron chi connectivity index (χ1n) is 10.1. The number of aromatic nitrogens is 5. The molecule has 0 unspecified atom stereocenters. The summed E-state index contributed by atoms with van der Waals surface area (Å²) in [6, 6.07) is 1.82. The molecule has 4 heterocycles. The van der Waals surface area contributed by atoms with Crippen LogP contribution in [0.5, 0.6) is 5.88 Å². The smallest absolute Gasteiger partial charge is 0.416 e. The van der Waals surface area contributed by atoms with E-state index >= 15 is 0 Å². The third-order valence-corrected chi connectivity index (χ3v) is 5.99. The van der Waals surface area contributed by atoms with Crippen molar-refractivity contribution in [2.75, 3.05) is 24.6 Å². The average Bonchev–Trinajstić information content (AvgIpc) is 3.06. The Balaban J connectivity index is 1.14. The minimum atomic E-state index is -4.43. The maximum absolute atomic E-state index is 12.8. The predicted octanol–water partition coefficient (Wildman–Crippen LogP) is 3.80. The van der Waals surface area contributed by atoms with E-state index in [4.69, 9.17) is 4.74 Å². The van der Waals surface area contributed by atoms with E-state index in [0.29, 0.717) is 23.6 Å². The molecule has 0 bridgehead atoms. The van der Waals surface area contributed by atoms with Gasteiger partial charge in [-0.1, -0.05) is 0 Å². The van der Waals surface area contributed by atoms with Crippen molar-refractivity contribution in [2.24, 2.45) is 11.3 Å². The van der Waals surface area contributed by atoms with Crippen molar-refractivity contribution in [1.29, 1.82) is 0 Å². The Morgan fingerprint density at radius 1 is 1.16 bits per heavy atom. The van der Waals surface area contributed by atoms with Gasteiger partial charge in [-0.05, 0) is 24.8 Å². The molecule has 1 saturated carbocycles. The molecule has 2 aliphatic rings. The van der Waals surface area contributed by atoms with Gasteiger partial charge in [0.1, 0.15) is 17.9 Å². The van der Waals surface area contributed by atoms with Gasteiger partial charge in [-0.2, -0.15) is 18.3 Å². The molecule has 0 amide bonds. The molecule has 1 aliphatic carbocycles. The first kappa shape index (κ1) is 20.8. The molecule has 1 aliphatic heterocycles. The lowest BCUT2D eigenvalue weighted by atomic mass is 9.58. The third-order valence-electron chi connectivity index (χ3n) is 5.99. The van der Waals surface area contributed by atoms with Crippen molar-refractivity contribution in [3.8, 4) is 5.88 Å². The Morgan fingerprint density at radius 3 is 2.66 bits per heavy atom. The highest BCUT2D eigenvalue weighted by Crippen LogP contribution is 2.52. The van der Waals surface area contributed by atoms with Crippen LogP contribution in [0.2, 0.25) is 0 Å². The molecule has 32 heavy (non-hydrogen) atoms. The molecule has 170 valence electrons. The zero-order chi connectivity index (χ0) is 22.5. The number of halogens is 5. The average molecular weight is 454 g/mol. The molecule has 5 rings (SSSR count). The first-order chi connectivity index (χ1) is 15.2. The molecule has 3 aromatic heterocycles. The molecular weight excluding hydrogens is 435 g/mol. The van der Waals surface area contributed by atoms with E-state index in [-0.39, 0.29) is 17.2 Å².